The Hall–Kier alpha value is -2.27. The first-order chi connectivity index (χ1) is 12.1. The molecule has 0 spiro atoms. The van der Waals surface area contributed by atoms with Gasteiger partial charge in [0, 0.05) is 62.8 Å². The fourth-order valence-electron chi connectivity index (χ4n) is 3.34. The Bertz CT molecular complexity index is 679. The number of piperidine rings is 1. The van der Waals surface area contributed by atoms with Gasteiger partial charge in [0.25, 0.3) is 0 Å². The average Bonchev–Trinajstić information content (AvgIpc) is 2.67. The normalized spacial score (nSPS) is 15.9. The second-order valence-electron chi connectivity index (χ2n) is 6.72. The van der Waals surface area contributed by atoms with E-state index in [0.717, 1.165) is 50.4 Å². The summed E-state index contributed by atoms with van der Waals surface area (Å²) in [5.74, 6) is 1.000. The lowest BCUT2D eigenvalue weighted by molar-refractivity contribution is 0.101. The first-order valence-electron chi connectivity index (χ1n) is 8.95. The molecule has 5 nitrogen and oxygen atoms in total. The van der Waals surface area contributed by atoms with Crippen LogP contribution in [0.2, 0.25) is 0 Å². The summed E-state index contributed by atoms with van der Waals surface area (Å²) in [6, 6.07) is 10.4. The highest BCUT2D eigenvalue weighted by Gasteiger charge is 2.23. The number of hydrogen-bond acceptors (Lipinski definition) is 5. The zero-order valence-electron chi connectivity index (χ0n) is 15.1. The zero-order chi connectivity index (χ0) is 17.6. The lowest BCUT2D eigenvalue weighted by atomic mass is 10.0. The number of carbonyl (C=O) groups is 1. The summed E-state index contributed by atoms with van der Waals surface area (Å²) in [7, 11) is 2.10. The van der Waals surface area contributed by atoms with Crippen LogP contribution in [0.4, 0.5) is 5.82 Å². The van der Waals surface area contributed by atoms with Crippen LogP contribution in [-0.2, 0) is 6.42 Å². The molecule has 3 heterocycles. The van der Waals surface area contributed by atoms with Gasteiger partial charge in [0.2, 0.25) is 0 Å². The Kier molecular flexibility index (Phi) is 5.76. The number of aromatic nitrogens is 2. The van der Waals surface area contributed by atoms with Crippen molar-refractivity contribution >= 4 is 11.6 Å². The molecule has 0 saturated carbocycles. The predicted octanol–water partition coefficient (Wildman–Crippen LogP) is 2.82. The first-order valence-corrected chi connectivity index (χ1v) is 8.95. The van der Waals surface area contributed by atoms with Crippen molar-refractivity contribution < 1.29 is 4.79 Å². The summed E-state index contributed by atoms with van der Waals surface area (Å²) >= 11 is 0. The molecule has 132 valence electrons. The van der Waals surface area contributed by atoms with E-state index >= 15 is 0 Å². The minimum absolute atomic E-state index is 0.0583. The summed E-state index contributed by atoms with van der Waals surface area (Å²) in [5, 5.41) is 0. The highest BCUT2D eigenvalue weighted by Crippen LogP contribution is 2.21. The van der Waals surface area contributed by atoms with Crippen molar-refractivity contribution in [3.8, 4) is 0 Å². The minimum atomic E-state index is 0.0583. The second kappa shape index (κ2) is 8.21. The molecule has 2 aromatic rings. The first kappa shape index (κ1) is 17.5. The maximum Gasteiger partial charge on any atom is 0.161 e. The quantitative estimate of drug-likeness (QED) is 0.758. The molecule has 0 radical (unpaired) electrons. The number of anilines is 1. The van der Waals surface area contributed by atoms with E-state index in [1.165, 1.54) is 0 Å². The van der Waals surface area contributed by atoms with Crippen LogP contribution >= 0.6 is 0 Å². The van der Waals surface area contributed by atoms with Gasteiger partial charge in [0.05, 0.1) is 0 Å². The van der Waals surface area contributed by atoms with Gasteiger partial charge in [-0.3, -0.25) is 9.78 Å². The number of carbonyl (C=O) groups excluding carboxylic acids is 1. The maximum atomic E-state index is 11.4. The second-order valence-corrected chi connectivity index (χ2v) is 6.72. The summed E-state index contributed by atoms with van der Waals surface area (Å²) in [5.41, 5.74) is 1.83. The molecule has 0 unspecified atom stereocenters. The summed E-state index contributed by atoms with van der Waals surface area (Å²) in [6.07, 6.45) is 6.82. The Balaban J connectivity index is 1.48. The van der Waals surface area contributed by atoms with Gasteiger partial charge in [-0.2, -0.15) is 0 Å². The van der Waals surface area contributed by atoms with Crippen molar-refractivity contribution in [1.82, 2.24) is 14.9 Å². The van der Waals surface area contributed by atoms with E-state index in [2.05, 4.69) is 32.9 Å². The number of pyridine rings is 2. The molecule has 0 bridgehead atoms. The Morgan fingerprint density at radius 1 is 1.20 bits per heavy atom. The van der Waals surface area contributed by atoms with Gasteiger partial charge >= 0.3 is 0 Å². The van der Waals surface area contributed by atoms with E-state index in [0.29, 0.717) is 11.6 Å². The van der Waals surface area contributed by atoms with Crippen LogP contribution in [0.25, 0.3) is 0 Å². The molecule has 0 aromatic carbocycles. The third kappa shape index (κ3) is 4.63. The summed E-state index contributed by atoms with van der Waals surface area (Å²) in [4.78, 5) is 25.0. The molecule has 2 aromatic heterocycles. The SMILES string of the molecule is CC(=O)c1ccc(N(C)C2CCN(CCc3ccccn3)CC2)nc1. The molecule has 0 amide bonds. The van der Waals surface area contributed by atoms with Crippen molar-refractivity contribution in [2.45, 2.75) is 32.2 Å². The number of likely N-dealkylation sites (tertiary alicyclic amines) is 1. The van der Waals surface area contributed by atoms with Gasteiger partial charge < -0.3 is 9.80 Å². The van der Waals surface area contributed by atoms with Gasteiger partial charge in [0.1, 0.15) is 5.82 Å². The molecular weight excluding hydrogens is 312 g/mol. The number of hydrogen-bond donors (Lipinski definition) is 0. The highest BCUT2D eigenvalue weighted by molar-refractivity contribution is 5.93. The average molecular weight is 338 g/mol. The third-order valence-electron chi connectivity index (χ3n) is 5.03. The van der Waals surface area contributed by atoms with Crippen LogP contribution < -0.4 is 4.90 Å². The molecule has 25 heavy (non-hydrogen) atoms. The van der Waals surface area contributed by atoms with Gasteiger partial charge in [-0.25, -0.2) is 4.98 Å². The fraction of sp³-hybridized carbons (Fsp3) is 0.450. The predicted molar refractivity (Wildman–Crippen MR) is 100 cm³/mol. The van der Waals surface area contributed by atoms with Crippen LogP contribution in [-0.4, -0.2) is 53.4 Å². The molecule has 1 aliphatic rings. The Labute approximate surface area is 149 Å². The summed E-state index contributed by atoms with van der Waals surface area (Å²) < 4.78 is 0. The molecule has 5 heteroatoms. The number of nitrogens with zero attached hydrogens (tertiary/aromatic N) is 4. The maximum absolute atomic E-state index is 11.4. The number of Topliss-reactive ketones (excluding diaryl/α,β-unsaturated/α-hetero) is 1. The molecule has 1 saturated heterocycles. The topological polar surface area (TPSA) is 49.3 Å². The van der Waals surface area contributed by atoms with Gasteiger partial charge in [-0.1, -0.05) is 6.07 Å². The van der Waals surface area contributed by atoms with Crippen LogP contribution in [0.3, 0.4) is 0 Å². The summed E-state index contributed by atoms with van der Waals surface area (Å²) in [6.45, 7) is 4.85. The van der Waals surface area contributed by atoms with Crippen molar-refractivity contribution in [3.63, 3.8) is 0 Å². The zero-order valence-corrected chi connectivity index (χ0v) is 15.1. The molecular formula is C20H26N4O. The molecule has 1 aliphatic heterocycles. The molecule has 0 aliphatic carbocycles. The van der Waals surface area contributed by atoms with Crippen LogP contribution in [0.5, 0.6) is 0 Å². The van der Waals surface area contributed by atoms with Gasteiger partial charge in [-0.05, 0) is 44.0 Å². The standard InChI is InChI=1S/C20H26N4O/c1-16(25)17-6-7-20(22-15-17)23(2)19-9-13-24(14-10-19)12-8-18-5-3-4-11-21-18/h3-7,11,15,19H,8-10,12-14H2,1-2H3. The Morgan fingerprint density at radius 3 is 2.60 bits per heavy atom. The third-order valence-corrected chi connectivity index (χ3v) is 5.03. The van der Waals surface area contributed by atoms with Crippen LogP contribution in [0.15, 0.2) is 42.7 Å². The lowest BCUT2D eigenvalue weighted by Gasteiger charge is -2.37. The van der Waals surface area contributed by atoms with E-state index in [1.807, 2.05) is 30.5 Å². The molecule has 0 atom stereocenters. The highest BCUT2D eigenvalue weighted by atomic mass is 16.1. The molecule has 3 rings (SSSR count). The van der Waals surface area contributed by atoms with Gasteiger partial charge in [-0.15, -0.1) is 0 Å². The molecule has 1 fully saturated rings. The van der Waals surface area contributed by atoms with Crippen molar-refractivity contribution in [2.24, 2.45) is 0 Å². The van der Waals surface area contributed by atoms with Crippen molar-refractivity contribution in [3.05, 3.63) is 54.0 Å². The van der Waals surface area contributed by atoms with E-state index in [4.69, 9.17) is 0 Å². The minimum Gasteiger partial charge on any atom is -0.357 e. The number of ketones is 1. The smallest absolute Gasteiger partial charge is 0.161 e. The van der Waals surface area contributed by atoms with Crippen molar-refractivity contribution in [2.75, 3.05) is 31.6 Å². The van der Waals surface area contributed by atoms with E-state index in [9.17, 15) is 4.79 Å². The monoisotopic (exact) mass is 338 g/mol. The van der Waals surface area contributed by atoms with Crippen LogP contribution in [0, 0.1) is 0 Å². The number of rotatable bonds is 6. The fourth-order valence-corrected chi connectivity index (χ4v) is 3.34. The van der Waals surface area contributed by atoms with E-state index < -0.39 is 0 Å². The van der Waals surface area contributed by atoms with Gasteiger partial charge in [0.15, 0.2) is 5.78 Å². The largest absolute Gasteiger partial charge is 0.357 e. The van der Waals surface area contributed by atoms with E-state index in [1.54, 1.807) is 13.1 Å². The Morgan fingerprint density at radius 2 is 2.00 bits per heavy atom. The van der Waals surface area contributed by atoms with E-state index in [-0.39, 0.29) is 5.78 Å². The van der Waals surface area contributed by atoms with Crippen molar-refractivity contribution in [1.29, 1.82) is 0 Å². The lowest BCUT2D eigenvalue weighted by Crippen LogP contribution is -2.44. The van der Waals surface area contributed by atoms with Crippen LogP contribution in [0.1, 0.15) is 35.8 Å². The molecule has 0 N–H and O–H groups in total.